The zero-order valence-electron chi connectivity index (χ0n) is 10.4. The number of hydroxylamine groups is 1. The standard InChI is InChI=1S/C14H13NO5/c16-11-6-12(8-13(7-11)20-15-14(17)18)19-9-10-4-2-1-3-5-10/h1-8,15-16H,9H2,(H,17,18). The SMILES string of the molecule is O=C(O)NOc1cc(O)cc(OCc2ccccc2)c1. The van der Waals surface area contributed by atoms with Crippen LogP contribution in [0.15, 0.2) is 48.5 Å². The average Bonchev–Trinajstić information content (AvgIpc) is 2.44. The van der Waals surface area contributed by atoms with Crippen molar-refractivity contribution in [1.29, 1.82) is 0 Å². The zero-order chi connectivity index (χ0) is 14.4. The molecule has 0 heterocycles. The van der Waals surface area contributed by atoms with Gasteiger partial charge in [0.1, 0.15) is 18.1 Å². The molecule has 2 aromatic rings. The van der Waals surface area contributed by atoms with Crippen LogP contribution >= 0.6 is 0 Å². The van der Waals surface area contributed by atoms with E-state index in [9.17, 15) is 9.90 Å². The first-order chi connectivity index (χ1) is 9.63. The number of ether oxygens (including phenoxy) is 1. The minimum absolute atomic E-state index is 0.0854. The highest BCUT2D eigenvalue weighted by Crippen LogP contribution is 2.27. The highest BCUT2D eigenvalue weighted by atomic mass is 16.7. The lowest BCUT2D eigenvalue weighted by Gasteiger charge is -2.09. The monoisotopic (exact) mass is 275 g/mol. The van der Waals surface area contributed by atoms with E-state index in [1.807, 2.05) is 30.3 Å². The predicted octanol–water partition coefficient (Wildman–Crippen LogP) is 2.53. The van der Waals surface area contributed by atoms with Gasteiger partial charge in [0.15, 0.2) is 5.75 Å². The maximum Gasteiger partial charge on any atom is 0.438 e. The van der Waals surface area contributed by atoms with Crippen LogP contribution in [0.2, 0.25) is 0 Å². The fourth-order valence-electron chi connectivity index (χ4n) is 1.54. The third-order valence-electron chi connectivity index (χ3n) is 2.37. The Labute approximate surface area is 115 Å². The van der Waals surface area contributed by atoms with E-state index in [4.69, 9.17) is 14.7 Å². The first-order valence-corrected chi connectivity index (χ1v) is 5.80. The Kier molecular flexibility index (Phi) is 4.28. The van der Waals surface area contributed by atoms with Gasteiger partial charge in [-0.1, -0.05) is 30.3 Å². The van der Waals surface area contributed by atoms with E-state index in [0.717, 1.165) is 5.56 Å². The van der Waals surface area contributed by atoms with Gasteiger partial charge in [-0.25, -0.2) is 4.79 Å². The van der Waals surface area contributed by atoms with Crippen LogP contribution in [-0.2, 0) is 6.61 Å². The van der Waals surface area contributed by atoms with Gasteiger partial charge < -0.3 is 19.8 Å². The molecule has 6 heteroatoms. The van der Waals surface area contributed by atoms with Crippen molar-refractivity contribution in [3.63, 3.8) is 0 Å². The molecule has 104 valence electrons. The summed E-state index contributed by atoms with van der Waals surface area (Å²) in [6, 6.07) is 13.7. The minimum atomic E-state index is -1.33. The van der Waals surface area contributed by atoms with Crippen LogP contribution < -0.4 is 15.1 Å². The summed E-state index contributed by atoms with van der Waals surface area (Å²) < 4.78 is 5.51. The van der Waals surface area contributed by atoms with Gasteiger partial charge in [-0.15, -0.1) is 0 Å². The van der Waals surface area contributed by atoms with Crippen molar-refractivity contribution in [2.45, 2.75) is 6.61 Å². The number of hydrogen-bond donors (Lipinski definition) is 3. The van der Waals surface area contributed by atoms with Crippen molar-refractivity contribution in [2.75, 3.05) is 0 Å². The van der Waals surface area contributed by atoms with Crippen molar-refractivity contribution >= 4 is 6.09 Å². The van der Waals surface area contributed by atoms with Crippen molar-refractivity contribution in [2.24, 2.45) is 0 Å². The first kappa shape index (κ1) is 13.5. The third-order valence-corrected chi connectivity index (χ3v) is 2.37. The van der Waals surface area contributed by atoms with Crippen LogP contribution in [0.4, 0.5) is 4.79 Å². The first-order valence-electron chi connectivity index (χ1n) is 5.80. The summed E-state index contributed by atoms with van der Waals surface area (Å²) in [6.45, 7) is 0.329. The van der Waals surface area contributed by atoms with Crippen molar-refractivity contribution in [3.05, 3.63) is 54.1 Å². The van der Waals surface area contributed by atoms with Crippen LogP contribution in [0, 0.1) is 0 Å². The molecule has 1 amide bonds. The molecule has 0 aromatic heterocycles. The summed E-state index contributed by atoms with van der Waals surface area (Å²) in [5.74, 6) is 0.421. The molecule has 0 atom stereocenters. The molecule has 3 N–H and O–H groups in total. The normalized spacial score (nSPS) is 9.80. The lowest BCUT2D eigenvalue weighted by molar-refractivity contribution is 0.135. The molecule has 0 saturated heterocycles. The molecule has 0 aliphatic carbocycles. The van der Waals surface area contributed by atoms with E-state index in [2.05, 4.69) is 0 Å². The van der Waals surface area contributed by atoms with Crippen molar-refractivity contribution in [1.82, 2.24) is 5.48 Å². The van der Waals surface area contributed by atoms with Crippen LogP contribution in [0.1, 0.15) is 5.56 Å². The summed E-state index contributed by atoms with van der Waals surface area (Å²) >= 11 is 0. The Balaban J connectivity index is 2.02. The average molecular weight is 275 g/mol. The zero-order valence-corrected chi connectivity index (χ0v) is 10.4. The Morgan fingerprint density at radius 3 is 2.50 bits per heavy atom. The number of aromatic hydroxyl groups is 1. The maximum absolute atomic E-state index is 10.3. The van der Waals surface area contributed by atoms with Gasteiger partial charge in [0.05, 0.1) is 0 Å². The Morgan fingerprint density at radius 1 is 1.10 bits per heavy atom. The molecule has 0 unspecified atom stereocenters. The summed E-state index contributed by atoms with van der Waals surface area (Å²) in [5.41, 5.74) is 2.71. The topological polar surface area (TPSA) is 88.0 Å². The molecule has 2 aromatic carbocycles. The fourth-order valence-corrected chi connectivity index (χ4v) is 1.54. The smallest absolute Gasteiger partial charge is 0.438 e. The Morgan fingerprint density at radius 2 is 1.80 bits per heavy atom. The molecular weight excluding hydrogens is 262 g/mol. The number of phenols is 1. The largest absolute Gasteiger partial charge is 0.508 e. The molecule has 0 fully saturated rings. The number of amides is 1. The second-order valence-electron chi connectivity index (χ2n) is 3.95. The van der Waals surface area contributed by atoms with Crippen molar-refractivity contribution in [3.8, 4) is 17.2 Å². The number of phenolic OH excluding ortho intramolecular Hbond substituents is 1. The second kappa shape index (κ2) is 6.33. The fraction of sp³-hybridized carbons (Fsp3) is 0.0714. The van der Waals surface area contributed by atoms with E-state index in [0.29, 0.717) is 12.4 Å². The highest BCUT2D eigenvalue weighted by Gasteiger charge is 2.04. The summed E-state index contributed by atoms with van der Waals surface area (Å²) in [7, 11) is 0. The van der Waals surface area contributed by atoms with E-state index < -0.39 is 6.09 Å². The molecule has 0 radical (unpaired) electrons. The van der Waals surface area contributed by atoms with Crippen molar-refractivity contribution < 1.29 is 24.6 Å². The number of nitrogens with one attached hydrogen (secondary N) is 1. The summed E-state index contributed by atoms with van der Waals surface area (Å²) in [6.07, 6.45) is -1.33. The van der Waals surface area contributed by atoms with Gasteiger partial charge in [0, 0.05) is 18.2 Å². The summed E-state index contributed by atoms with van der Waals surface area (Å²) in [4.78, 5) is 15.1. The second-order valence-corrected chi connectivity index (χ2v) is 3.95. The Bertz CT molecular complexity index is 585. The highest BCUT2D eigenvalue weighted by molar-refractivity contribution is 5.63. The lowest BCUT2D eigenvalue weighted by Crippen LogP contribution is -2.24. The van der Waals surface area contributed by atoms with Gasteiger partial charge in [-0.2, -0.15) is 5.48 Å². The quantitative estimate of drug-likeness (QED) is 0.730. The van der Waals surface area contributed by atoms with E-state index in [1.54, 1.807) is 5.48 Å². The molecule has 0 spiro atoms. The van der Waals surface area contributed by atoms with Gasteiger partial charge in [-0.05, 0) is 5.56 Å². The predicted molar refractivity (Wildman–Crippen MR) is 70.7 cm³/mol. The molecule has 2 rings (SSSR count). The third kappa shape index (κ3) is 4.09. The molecule has 6 nitrogen and oxygen atoms in total. The number of benzene rings is 2. The summed E-state index contributed by atoms with van der Waals surface area (Å²) in [5, 5.41) is 18.0. The number of carbonyl (C=O) groups is 1. The van der Waals surface area contributed by atoms with Crippen LogP contribution in [-0.4, -0.2) is 16.3 Å². The number of carboxylic acid groups (broad SMARTS) is 1. The number of hydrogen-bond acceptors (Lipinski definition) is 4. The maximum atomic E-state index is 10.3. The molecule has 20 heavy (non-hydrogen) atoms. The van der Waals surface area contributed by atoms with E-state index in [1.165, 1.54) is 18.2 Å². The molecule has 0 aliphatic rings. The molecule has 0 aliphatic heterocycles. The molecular formula is C14H13NO5. The molecule has 0 bridgehead atoms. The van der Waals surface area contributed by atoms with Gasteiger partial charge in [-0.3, -0.25) is 0 Å². The number of rotatable bonds is 5. The van der Waals surface area contributed by atoms with E-state index >= 15 is 0 Å². The van der Waals surface area contributed by atoms with Crippen LogP contribution in [0.3, 0.4) is 0 Å². The van der Waals surface area contributed by atoms with Gasteiger partial charge in [0.2, 0.25) is 0 Å². The minimum Gasteiger partial charge on any atom is -0.508 e. The lowest BCUT2D eigenvalue weighted by atomic mass is 10.2. The van der Waals surface area contributed by atoms with Gasteiger partial charge >= 0.3 is 6.09 Å². The van der Waals surface area contributed by atoms with Gasteiger partial charge in [0.25, 0.3) is 0 Å². The van der Waals surface area contributed by atoms with Crippen LogP contribution in [0.25, 0.3) is 0 Å². The van der Waals surface area contributed by atoms with Crippen LogP contribution in [0.5, 0.6) is 17.2 Å². The van der Waals surface area contributed by atoms with E-state index in [-0.39, 0.29) is 11.5 Å². The molecule has 0 saturated carbocycles. The Hall–Kier alpha value is -2.89.